The number of aliphatic hydroxyl groups excluding tert-OH is 1. The number of hydrogen-bond acceptors (Lipinski definition) is 9. The highest BCUT2D eigenvalue weighted by Crippen LogP contribution is 2.31. The zero-order chi connectivity index (χ0) is 30.4. The first-order chi connectivity index (χ1) is 20.0. The summed E-state index contributed by atoms with van der Waals surface area (Å²) in [4.78, 5) is 29.7. The van der Waals surface area contributed by atoms with E-state index in [4.69, 9.17) is 20.6 Å². The van der Waals surface area contributed by atoms with Crippen LogP contribution in [0, 0.1) is 17.0 Å². The summed E-state index contributed by atoms with van der Waals surface area (Å²) in [5.41, 5.74) is 4.24. The lowest BCUT2D eigenvalue weighted by molar-refractivity contribution is 0.0852. The molecule has 1 atom stereocenters. The van der Waals surface area contributed by atoms with Crippen molar-refractivity contribution in [2.75, 3.05) is 31.4 Å². The van der Waals surface area contributed by atoms with Gasteiger partial charge in [-0.3, -0.25) is 15.0 Å². The summed E-state index contributed by atoms with van der Waals surface area (Å²) in [6, 6.07) is 11.2. The molecule has 0 saturated carbocycles. The van der Waals surface area contributed by atoms with E-state index in [1.807, 2.05) is 0 Å². The minimum absolute atomic E-state index is 0.00604. The first kappa shape index (κ1) is 29.8. The number of pyridine rings is 1. The topological polar surface area (TPSA) is 177 Å². The molecule has 42 heavy (non-hydrogen) atoms. The Kier molecular flexibility index (Phi) is 8.88. The largest absolute Gasteiger partial charge is 0.453 e. The first-order valence-corrected chi connectivity index (χ1v) is 12.4. The standard InChI is InChI=1S/C28H27F2N7O5/c1-28(14-38,15-41-2)36-25(32)23-22(10-11-33-24(23)31)42-21-8-5-17(13-20(21)30)35-26(39)19-9-12-34-37(27(19)40)18-6-3-16(29)4-7-18/h3-13,38H,14-15H2,1-2H3,(H2,31,33)(H2,32,36)(H,35,39). The van der Waals surface area contributed by atoms with E-state index in [1.54, 1.807) is 6.92 Å². The third-order valence-corrected chi connectivity index (χ3v) is 6.00. The van der Waals surface area contributed by atoms with E-state index in [-0.39, 0.29) is 58.9 Å². The van der Waals surface area contributed by atoms with Crippen molar-refractivity contribution in [1.29, 1.82) is 5.41 Å². The third-order valence-electron chi connectivity index (χ3n) is 6.00. The quantitative estimate of drug-likeness (QED) is 0.140. The summed E-state index contributed by atoms with van der Waals surface area (Å²) in [6.07, 6.45) is 2.56. The van der Waals surface area contributed by atoms with Crippen molar-refractivity contribution in [3.05, 3.63) is 100 Å². The number of nitrogens with zero attached hydrogens (tertiary/aromatic N) is 3. The van der Waals surface area contributed by atoms with E-state index in [0.717, 1.165) is 22.9 Å². The molecule has 4 aromatic rings. The Morgan fingerprint density at radius 1 is 1.12 bits per heavy atom. The molecule has 0 spiro atoms. The van der Waals surface area contributed by atoms with Gasteiger partial charge in [0.2, 0.25) is 0 Å². The highest BCUT2D eigenvalue weighted by atomic mass is 19.1. The summed E-state index contributed by atoms with van der Waals surface area (Å²) in [5, 5.41) is 27.4. The number of nitrogens with two attached hydrogens (primary N) is 1. The second kappa shape index (κ2) is 12.5. The van der Waals surface area contributed by atoms with Gasteiger partial charge >= 0.3 is 0 Å². The molecule has 0 aliphatic heterocycles. The van der Waals surface area contributed by atoms with Crippen molar-refractivity contribution in [1.82, 2.24) is 20.1 Å². The number of carbonyl (C=O) groups is 1. The highest BCUT2D eigenvalue weighted by Gasteiger charge is 2.27. The number of halogens is 2. The summed E-state index contributed by atoms with van der Waals surface area (Å²) < 4.78 is 40.1. The molecule has 0 radical (unpaired) electrons. The Balaban J connectivity index is 1.54. The summed E-state index contributed by atoms with van der Waals surface area (Å²) in [6.45, 7) is 1.35. The molecule has 0 saturated heterocycles. The van der Waals surface area contributed by atoms with Crippen LogP contribution >= 0.6 is 0 Å². The normalized spacial score (nSPS) is 12.3. The van der Waals surface area contributed by atoms with Crippen molar-refractivity contribution >= 4 is 23.2 Å². The Bertz CT molecular complexity index is 1680. The van der Waals surface area contributed by atoms with Crippen LogP contribution in [-0.4, -0.2) is 57.5 Å². The van der Waals surface area contributed by atoms with Crippen molar-refractivity contribution in [3.63, 3.8) is 0 Å². The highest BCUT2D eigenvalue weighted by molar-refractivity contribution is 6.04. The first-order valence-electron chi connectivity index (χ1n) is 12.4. The van der Waals surface area contributed by atoms with Gasteiger partial charge in [-0.1, -0.05) is 0 Å². The average molecular weight is 580 g/mol. The lowest BCUT2D eigenvalue weighted by Gasteiger charge is -2.29. The number of anilines is 2. The minimum atomic E-state index is -1.02. The number of benzene rings is 2. The van der Waals surface area contributed by atoms with Crippen molar-refractivity contribution in [2.45, 2.75) is 12.5 Å². The van der Waals surface area contributed by atoms with Crippen LogP contribution in [0.5, 0.6) is 11.5 Å². The number of hydrogen-bond donors (Lipinski definition) is 5. The lowest BCUT2D eigenvalue weighted by Crippen LogP contribution is -2.52. The number of ether oxygens (including phenoxy) is 2. The van der Waals surface area contributed by atoms with Gasteiger partial charge in [-0.15, -0.1) is 0 Å². The van der Waals surface area contributed by atoms with Crippen LogP contribution in [0.4, 0.5) is 20.3 Å². The number of aromatic nitrogens is 3. The molecule has 0 fully saturated rings. The molecule has 6 N–H and O–H groups in total. The minimum Gasteiger partial charge on any atom is -0.453 e. The van der Waals surface area contributed by atoms with E-state index >= 15 is 4.39 Å². The second-order valence-corrected chi connectivity index (χ2v) is 9.36. The smallest absolute Gasteiger partial charge is 0.284 e. The van der Waals surface area contributed by atoms with E-state index in [2.05, 4.69) is 20.7 Å². The molecule has 0 bridgehead atoms. The number of amides is 1. The SMILES string of the molecule is COCC(C)(CO)NC(=N)c1c(Oc2ccc(NC(=O)c3ccnn(-c4ccc(F)cc4)c3=O)cc2F)ccnc1N. The van der Waals surface area contributed by atoms with Crippen molar-refractivity contribution in [2.24, 2.45) is 0 Å². The van der Waals surface area contributed by atoms with E-state index in [1.165, 1.54) is 55.9 Å². The van der Waals surface area contributed by atoms with Crippen LogP contribution in [0.3, 0.4) is 0 Å². The van der Waals surface area contributed by atoms with Gasteiger partial charge in [0.1, 0.15) is 34.3 Å². The fourth-order valence-corrected chi connectivity index (χ4v) is 3.93. The summed E-state index contributed by atoms with van der Waals surface area (Å²) in [7, 11) is 1.45. The van der Waals surface area contributed by atoms with Gasteiger partial charge in [-0.05, 0) is 49.4 Å². The number of nitrogens with one attached hydrogen (secondary N) is 3. The van der Waals surface area contributed by atoms with Gasteiger partial charge in [0, 0.05) is 37.3 Å². The molecular formula is C28H27F2N7O5. The molecule has 2 aromatic heterocycles. The maximum absolute atomic E-state index is 15.1. The van der Waals surface area contributed by atoms with Gasteiger partial charge in [0.25, 0.3) is 11.5 Å². The Morgan fingerprint density at radius 3 is 2.52 bits per heavy atom. The van der Waals surface area contributed by atoms with E-state index in [9.17, 15) is 19.1 Å². The summed E-state index contributed by atoms with van der Waals surface area (Å²) in [5.74, 6) is -2.75. The predicted octanol–water partition coefficient (Wildman–Crippen LogP) is 2.84. The van der Waals surface area contributed by atoms with Gasteiger partial charge in [0.15, 0.2) is 11.6 Å². The molecule has 2 aromatic carbocycles. The zero-order valence-corrected chi connectivity index (χ0v) is 22.5. The number of amidine groups is 1. The molecule has 1 amide bonds. The molecule has 1 unspecified atom stereocenters. The van der Waals surface area contributed by atoms with Crippen LogP contribution in [0.15, 0.2) is 71.8 Å². The van der Waals surface area contributed by atoms with Crippen molar-refractivity contribution in [3.8, 4) is 17.2 Å². The number of nitrogen functional groups attached to an aromatic ring is 1. The fourth-order valence-electron chi connectivity index (χ4n) is 3.93. The molecule has 12 nitrogen and oxygen atoms in total. The average Bonchev–Trinajstić information content (AvgIpc) is 2.95. The van der Waals surface area contributed by atoms with Crippen LogP contribution in [0.2, 0.25) is 0 Å². The second-order valence-electron chi connectivity index (χ2n) is 9.36. The number of rotatable bonds is 10. The van der Waals surface area contributed by atoms with Gasteiger partial charge in [-0.25, -0.2) is 13.8 Å². The Hall–Kier alpha value is -5.21. The lowest BCUT2D eigenvalue weighted by atomic mass is 10.0. The molecule has 0 aliphatic carbocycles. The van der Waals surface area contributed by atoms with Crippen LogP contribution in [-0.2, 0) is 4.74 Å². The molecule has 4 rings (SSSR count). The predicted molar refractivity (Wildman–Crippen MR) is 150 cm³/mol. The van der Waals surface area contributed by atoms with Gasteiger partial charge < -0.3 is 30.9 Å². The van der Waals surface area contributed by atoms with E-state index in [0.29, 0.717) is 0 Å². The summed E-state index contributed by atoms with van der Waals surface area (Å²) >= 11 is 0. The molecule has 218 valence electrons. The number of aliphatic hydroxyl groups is 1. The van der Waals surface area contributed by atoms with Crippen LogP contribution in [0.25, 0.3) is 5.69 Å². The fraction of sp³-hybridized carbons (Fsp3) is 0.179. The molecular weight excluding hydrogens is 552 g/mol. The van der Waals surface area contributed by atoms with Gasteiger partial charge in [-0.2, -0.15) is 9.78 Å². The monoisotopic (exact) mass is 579 g/mol. The molecule has 0 aliphatic rings. The Labute approximate surface area is 238 Å². The molecule has 14 heteroatoms. The molecule has 2 heterocycles. The van der Waals surface area contributed by atoms with Crippen LogP contribution in [0.1, 0.15) is 22.8 Å². The zero-order valence-electron chi connectivity index (χ0n) is 22.5. The number of carbonyl (C=O) groups excluding carboxylic acids is 1. The van der Waals surface area contributed by atoms with Gasteiger partial charge in [0.05, 0.1) is 24.4 Å². The number of methoxy groups -OCH3 is 1. The van der Waals surface area contributed by atoms with Crippen molar-refractivity contribution < 1.29 is 28.2 Å². The van der Waals surface area contributed by atoms with Crippen LogP contribution < -0.4 is 26.7 Å². The maximum Gasteiger partial charge on any atom is 0.284 e. The third kappa shape index (κ3) is 6.56. The maximum atomic E-state index is 15.1. The van der Waals surface area contributed by atoms with E-state index < -0.39 is 28.6 Å². The Morgan fingerprint density at radius 2 is 1.86 bits per heavy atom.